The third-order valence-corrected chi connectivity index (χ3v) is 6.05. The molecule has 3 rings (SSSR count). The number of hydrogen-bond donors (Lipinski definition) is 2. The van der Waals surface area contributed by atoms with E-state index in [4.69, 9.17) is 11.6 Å². The number of thioether (sulfide) groups is 1. The first-order valence-electron chi connectivity index (χ1n) is 9.63. The highest BCUT2D eigenvalue weighted by Gasteiger charge is 2.42. The summed E-state index contributed by atoms with van der Waals surface area (Å²) in [5.74, 6) is -1.42. The van der Waals surface area contributed by atoms with Crippen LogP contribution in [0.1, 0.15) is 32.7 Å². The highest BCUT2D eigenvalue weighted by molar-refractivity contribution is 7.98. The minimum atomic E-state index is -0.999. The lowest BCUT2D eigenvalue weighted by Crippen LogP contribution is -2.51. The topological polar surface area (TPSA) is 95.6 Å². The highest BCUT2D eigenvalue weighted by Crippen LogP contribution is 2.26. The molecule has 0 spiro atoms. The smallest absolute Gasteiger partial charge is 0.262 e. The van der Waals surface area contributed by atoms with Crippen LogP contribution in [0.25, 0.3) is 0 Å². The highest BCUT2D eigenvalue weighted by atomic mass is 35.5. The van der Waals surface area contributed by atoms with Gasteiger partial charge < -0.3 is 10.6 Å². The summed E-state index contributed by atoms with van der Waals surface area (Å²) < 4.78 is 0. The molecule has 9 heteroatoms. The fraction of sp³-hybridized carbons (Fsp3) is 0.273. The van der Waals surface area contributed by atoms with Crippen LogP contribution in [0.4, 0.5) is 5.69 Å². The number of benzene rings is 2. The van der Waals surface area contributed by atoms with Gasteiger partial charge in [0.1, 0.15) is 6.04 Å². The van der Waals surface area contributed by atoms with Crippen LogP contribution < -0.4 is 10.6 Å². The number of halogens is 1. The Hall–Kier alpha value is -2.84. The Morgan fingerprint density at radius 1 is 1.06 bits per heavy atom. The van der Waals surface area contributed by atoms with E-state index < -0.39 is 29.7 Å². The number of carbonyl (C=O) groups is 4. The summed E-state index contributed by atoms with van der Waals surface area (Å²) in [7, 11) is 0. The fourth-order valence-electron chi connectivity index (χ4n) is 3.32. The Labute approximate surface area is 189 Å². The standard InChI is InChI=1S/C22H22ClN3O4S/c1-13-16(23)8-5-9-17(13)25-19(27)12-24-20(28)18(10-11-31-2)26-21(29)14-6-3-4-7-15(14)22(26)30/h3-9,18H,10-12H2,1-2H3,(H,24,28)(H,25,27). The normalized spacial score (nSPS) is 13.7. The van der Waals surface area contributed by atoms with Gasteiger partial charge in [-0.3, -0.25) is 24.1 Å². The number of anilines is 1. The molecule has 2 N–H and O–H groups in total. The Bertz CT molecular complexity index is 1010. The lowest BCUT2D eigenvalue weighted by molar-refractivity contribution is -0.127. The van der Waals surface area contributed by atoms with E-state index in [1.54, 1.807) is 49.4 Å². The lowest BCUT2D eigenvalue weighted by atomic mass is 10.1. The maximum atomic E-state index is 12.9. The van der Waals surface area contributed by atoms with E-state index in [0.29, 0.717) is 22.0 Å². The average molecular weight is 460 g/mol. The molecule has 7 nitrogen and oxygen atoms in total. The molecule has 0 radical (unpaired) electrons. The maximum Gasteiger partial charge on any atom is 0.262 e. The minimum absolute atomic E-state index is 0.281. The minimum Gasteiger partial charge on any atom is -0.345 e. The summed E-state index contributed by atoms with van der Waals surface area (Å²) >= 11 is 7.56. The molecule has 1 atom stereocenters. The number of hydrogen-bond acceptors (Lipinski definition) is 5. The first-order valence-corrected chi connectivity index (χ1v) is 11.4. The van der Waals surface area contributed by atoms with Crippen molar-refractivity contribution in [3.05, 3.63) is 64.2 Å². The van der Waals surface area contributed by atoms with Gasteiger partial charge in [-0.15, -0.1) is 0 Å². The van der Waals surface area contributed by atoms with Crippen LogP contribution in [-0.4, -0.2) is 53.1 Å². The van der Waals surface area contributed by atoms with Crippen molar-refractivity contribution in [3.8, 4) is 0 Å². The SMILES string of the molecule is CSCCC(C(=O)NCC(=O)Nc1cccc(Cl)c1C)N1C(=O)c2ccccc2C1=O. The molecule has 1 aliphatic rings. The second-order valence-corrected chi connectivity index (χ2v) is 8.39. The Balaban J connectivity index is 1.69. The number of rotatable bonds is 8. The zero-order valence-corrected chi connectivity index (χ0v) is 18.7. The molecule has 1 heterocycles. The van der Waals surface area contributed by atoms with Gasteiger partial charge >= 0.3 is 0 Å². The van der Waals surface area contributed by atoms with Crippen LogP contribution in [0.3, 0.4) is 0 Å². The maximum absolute atomic E-state index is 12.9. The number of carbonyl (C=O) groups excluding carboxylic acids is 4. The van der Waals surface area contributed by atoms with Crippen LogP contribution in [0.5, 0.6) is 0 Å². The summed E-state index contributed by atoms with van der Waals surface area (Å²) in [5.41, 5.74) is 1.82. The summed E-state index contributed by atoms with van der Waals surface area (Å²) in [4.78, 5) is 51.8. The van der Waals surface area contributed by atoms with Crippen molar-refractivity contribution in [2.45, 2.75) is 19.4 Å². The number of nitrogens with zero attached hydrogens (tertiary/aromatic N) is 1. The summed E-state index contributed by atoms with van der Waals surface area (Å²) in [6.07, 6.45) is 2.16. The number of amides is 4. The number of imide groups is 1. The van der Waals surface area contributed by atoms with E-state index in [1.807, 2.05) is 6.26 Å². The average Bonchev–Trinajstić information content (AvgIpc) is 3.01. The summed E-state index contributed by atoms with van der Waals surface area (Å²) in [6, 6.07) is 10.6. The quantitative estimate of drug-likeness (QED) is 0.591. The molecule has 1 unspecified atom stereocenters. The Kier molecular flexibility index (Phi) is 7.35. The van der Waals surface area contributed by atoms with Crippen molar-refractivity contribution in [2.75, 3.05) is 23.9 Å². The molecule has 0 fully saturated rings. The number of fused-ring (bicyclic) bond motifs is 1. The van der Waals surface area contributed by atoms with E-state index >= 15 is 0 Å². The zero-order valence-electron chi connectivity index (χ0n) is 17.1. The molecule has 162 valence electrons. The van der Waals surface area contributed by atoms with E-state index in [9.17, 15) is 19.2 Å². The van der Waals surface area contributed by atoms with Crippen molar-refractivity contribution in [1.29, 1.82) is 0 Å². The van der Waals surface area contributed by atoms with Crippen molar-refractivity contribution in [1.82, 2.24) is 10.2 Å². The molecule has 0 saturated heterocycles. The van der Waals surface area contributed by atoms with Crippen LogP contribution in [0, 0.1) is 6.92 Å². The van der Waals surface area contributed by atoms with E-state index in [1.165, 1.54) is 11.8 Å². The lowest BCUT2D eigenvalue weighted by Gasteiger charge is -2.25. The van der Waals surface area contributed by atoms with Gasteiger partial charge in [0.25, 0.3) is 11.8 Å². The summed E-state index contributed by atoms with van der Waals surface area (Å²) in [5, 5.41) is 5.77. The predicted molar refractivity (Wildman–Crippen MR) is 122 cm³/mol. The first-order chi connectivity index (χ1) is 14.8. The van der Waals surface area contributed by atoms with Crippen molar-refractivity contribution in [3.63, 3.8) is 0 Å². The van der Waals surface area contributed by atoms with Crippen LogP contribution in [0.15, 0.2) is 42.5 Å². The van der Waals surface area contributed by atoms with Gasteiger partial charge in [0.05, 0.1) is 17.7 Å². The molecule has 4 amide bonds. The number of nitrogens with one attached hydrogen (secondary N) is 2. The Morgan fingerprint density at radius 2 is 1.71 bits per heavy atom. The monoisotopic (exact) mass is 459 g/mol. The summed E-state index contributed by atoms with van der Waals surface area (Å²) in [6.45, 7) is 1.47. The molecular weight excluding hydrogens is 438 g/mol. The third kappa shape index (κ3) is 4.91. The molecule has 2 aromatic carbocycles. The van der Waals surface area contributed by atoms with Gasteiger partial charge in [-0.2, -0.15) is 11.8 Å². The molecule has 2 aromatic rings. The fourth-order valence-corrected chi connectivity index (χ4v) is 3.95. The van der Waals surface area contributed by atoms with Gasteiger partial charge in [-0.1, -0.05) is 29.8 Å². The molecule has 0 aromatic heterocycles. The molecule has 0 bridgehead atoms. The van der Waals surface area contributed by atoms with Crippen molar-refractivity contribution < 1.29 is 19.2 Å². The Morgan fingerprint density at radius 3 is 2.32 bits per heavy atom. The van der Waals surface area contributed by atoms with Gasteiger partial charge in [-0.25, -0.2) is 0 Å². The van der Waals surface area contributed by atoms with Gasteiger partial charge in [0.2, 0.25) is 11.8 Å². The van der Waals surface area contributed by atoms with E-state index in [0.717, 1.165) is 4.90 Å². The zero-order chi connectivity index (χ0) is 22.5. The molecule has 0 saturated carbocycles. The van der Waals surface area contributed by atoms with E-state index in [-0.39, 0.29) is 24.1 Å². The van der Waals surface area contributed by atoms with Crippen LogP contribution in [-0.2, 0) is 9.59 Å². The molecule has 0 aliphatic carbocycles. The first kappa shape index (κ1) is 22.8. The van der Waals surface area contributed by atoms with Crippen molar-refractivity contribution in [2.24, 2.45) is 0 Å². The van der Waals surface area contributed by atoms with E-state index in [2.05, 4.69) is 10.6 Å². The van der Waals surface area contributed by atoms with Crippen LogP contribution in [0.2, 0.25) is 5.02 Å². The predicted octanol–water partition coefficient (Wildman–Crippen LogP) is 3.12. The van der Waals surface area contributed by atoms with Gasteiger partial charge in [-0.05, 0) is 55.2 Å². The van der Waals surface area contributed by atoms with Crippen molar-refractivity contribution >= 4 is 52.7 Å². The largest absolute Gasteiger partial charge is 0.345 e. The van der Waals surface area contributed by atoms with Gasteiger partial charge in [0, 0.05) is 10.7 Å². The second kappa shape index (κ2) is 9.98. The third-order valence-electron chi connectivity index (χ3n) is 5.00. The van der Waals surface area contributed by atoms with Crippen LogP contribution >= 0.6 is 23.4 Å². The van der Waals surface area contributed by atoms with Gasteiger partial charge in [0.15, 0.2) is 0 Å². The molecule has 31 heavy (non-hydrogen) atoms. The molecule has 1 aliphatic heterocycles. The molecular formula is C22H22ClN3O4S. The second-order valence-electron chi connectivity index (χ2n) is 7.00.